The van der Waals surface area contributed by atoms with Gasteiger partial charge in [0.05, 0.1) is 35.9 Å². The normalized spacial score (nSPS) is 22.3. The molecule has 10 heteroatoms. The van der Waals surface area contributed by atoms with Crippen molar-refractivity contribution >= 4 is 46.5 Å². The van der Waals surface area contributed by atoms with E-state index in [2.05, 4.69) is 33.7 Å². The van der Waals surface area contributed by atoms with Gasteiger partial charge in [0.25, 0.3) is 0 Å². The molecule has 3 unspecified atom stereocenters. The molecule has 7 nitrogen and oxygen atoms in total. The number of hydrogen-bond acceptors (Lipinski definition) is 10. The van der Waals surface area contributed by atoms with E-state index in [-0.39, 0.29) is 17.9 Å². The molecule has 1 saturated carbocycles. The van der Waals surface area contributed by atoms with Crippen LogP contribution in [-0.2, 0) is 15.3 Å². The van der Waals surface area contributed by atoms with Crippen LogP contribution in [0.1, 0.15) is 61.5 Å². The summed E-state index contributed by atoms with van der Waals surface area (Å²) in [5.74, 6) is 0.994. The highest BCUT2D eigenvalue weighted by Crippen LogP contribution is 2.40. The Balaban J connectivity index is 1.35. The third-order valence-corrected chi connectivity index (χ3v) is 8.69. The first-order valence-corrected chi connectivity index (χ1v) is 13.5. The fraction of sp³-hybridized carbons (Fsp3) is 0.435. The number of anilines is 1. The number of nitrogens with one attached hydrogen (secondary N) is 1. The van der Waals surface area contributed by atoms with Gasteiger partial charge >= 0.3 is 0 Å². The summed E-state index contributed by atoms with van der Waals surface area (Å²) < 4.78 is 11.4. The summed E-state index contributed by atoms with van der Waals surface area (Å²) in [6.07, 6.45) is 6.97. The number of nitrogens with zero attached hydrogens (tertiary/aromatic N) is 2. The van der Waals surface area contributed by atoms with Crippen LogP contribution in [0.2, 0.25) is 0 Å². The van der Waals surface area contributed by atoms with Gasteiger partial charge in [-0.15, -0.1) is 22.7 Å². The van der Waals surface area contributed by atoms with Gasteiger partial charge in [-0.05, 0) is 61.6 Å². The van der Waals surface area contributed by atoms with Gasteiger partial charge in [0.15, 0.2) is 0 Å². The van der Waals surface area contributed by atoms with Gasteiger partial charge in [0.1, 0.15) is 18.2 Å². The number of nitrogens with two attached hydrogens (primary N) is 1. The molecular formula is C23H26N4O3S3. The van der Waals surface area contributed by atoms with Crippen LogP contribution in [-0.4, -0.2) is 35.0 Å². The fourth-order valence-electron chi connectivity index (χ4n) is 4.68. The van der Waals surface area contributed by atoms with E-state index in [1.54, 1.807) is 17.5 Å². The highest BCUT2D eigenvalue weighted by atomic mass is 32.2. The van der Waals surface area contributed by atoms with E-state index in [1.807, 2.05) is 6.07 Å². The summed E-state index contributed by atoms with van der Waals surface area (Å²) in [5.41, 5.74) is 2.93. The summed E-state index contributed by atoms with van der Waals surface area (Å²) in [6.45, 7) is 3.40. The quantitative estimate of drug-likeness (QED) is 0.254. The number of thiophene rings is 2. The van der Waals surface area contributed by atoms with Crippen molar-refractivity contribution in [1.29, 1.82) is 0 Å². The van der Waals surface area contributed by atoms with Crippen molar-refractivity contribution in [2.45, 2.75) is 44.8 Å². The Morgan fingerprint density at radius 1 is 1.42 bits per heavy atom. The first kappa shape index (κ1) is 22.9. The van der Waals surface area contributed by atoms with Gasteiger partial charge < -0.3 is 14.2 Å². The molecule has 1 fully saturated rings. The van der Waals surface area contributed by atoms with Crippen molar-refractivity contribution in [3.05, 3.63) is 61.4 Å². The molecule has 174 valence electrons. The maximum absolute atomic E-state index is 13.5. The topological polar surface area (TPSA) is 99.4 Å². The number of aryl methyl sites for hydroxylation is 1. The average molecular weight is 503 g/mol. The second kappa shape index (κ2) is 10.2. The van der Waals surface area contributed by atoms with Crippen molar-refractivity contribution in [2.75, 3.05) is 18.5 Å². The van der Waals surface area contributed by atoms with Crippen LogP contribution in [0.15, 0.2) is 30.0 Å². The Bertz CT molecular complexity index is 1130. The minimum Gasteiger partial charge on any atom is -0.368 e. The molecule has 3 N–H and O–H groups in total. The number of carbonyl (C=O) groups is 1. The maximum Gasteiger partial charge on any atom is 0.208 e. The standard InChI is InChI=1S/C23H26N4O3S3/c1-13-17(21-22-15(4-6-29-21)5-7-31-22)9-19(32-13)20(28)18-10-25-12-26-23(18)27-16-3-2-14(8-16)11-30-33-24/h5,7,9-10,12,14,16,21H,2-4,6,8,11,24H2,1H3,(H,25,26,27). The molecule has 0 spiro atoms. The van der Waals surface area contributed by atoms with E-state index in [0.717, 1.165) is 48.4 Å². The minimum atomic E-state index is -0.0968. The zero-order valence-electron chi connectivity index (χ0n) is 18.3. The summed E-state index contributed by atoms with van der Waals surface area (Å²) >= 11 is 4.15. The molecule has 0 saturated heterocycles. The number of hydrogen-bond donors (Lipinski definition) is 2. The second-order valence-electron chi connectivity index (χ2n) is 8.45. The van der Waals surface area contributed by atoms with E-state index in [1.165, 1.54) is 28.1 Å². The molecule has 0 bridgehead atoms. The molecule has 3 aromatic rings. The first-order chi connectivity index (χ1) is 16.1. The Hall–Kier alpha value is -1.82. The highest BCUT2D eigenvalue weighted by molar-refractivity contribution is 7.92. The molecule has 4 heterocycles. The molecule has 33 heavy (non-hydrogen) atoms. The van der Waals surface area contributed by atoms with Gasteiger partial charge in [-0.2, -0.15) is 0 Å². The molecule has 3 atom stereocenters. The molecule has 0 amide bonds. The Kier molecular flexibility index (Phi) is 7.10. The lowest BCUT2D eigenvalue weighted by Crippen LogP contribution is -2.20. The van der Waals surface area contributed by atoms with Gasteiger partial charge in [0, 0.05) is 27.6 Å². The third-order valence-electron chi connectivity index (χ3n) is 6.35. The lowest BCUT2D eigenvalue weighted by molar-refractivity contribution is 0.0727. The predicted octanol–water partition coefficient (Wildman–Crippen LogP) is 4.92. The van der Waals surface area contributed by atoms with Crippen LogP contribution in [0.5, 0.6) is 0 Å². The Morgan fingerprint density at radius 3 is 3.21 bits per heavy atom. The van der Waals surface area contributed by atoms with E-state index >= 15 is 0 Å². The van der Waals surface area contributed by atoms with Crippen molar-refractivity contribution < 1.29 is 13.7 Å². The van der Waals surface area contributed by atoms with Crippen molar-refractivity contribution in [3.63, 3.8) is 0 Å². The molecule has 3 aromatic heterocycles. The van der Waals surface area contributed by atoms with Crippen LogP contribution in [0.4, 0.5) is 5.82 Å². The summed E-state index contributed by atoms with van der Waals surface area (Å²) in [7, 11) is 0. The smallest absolute Gasteiger partial charge is 0.208 e. The van der Waals surface area contributed by atoms with Crippen molar-refractivity contribution in [3.8, 4) is 0 Å². The number of ketones is 1. The third kappa shape index (κ3) is 4.87. The maximum atomic E-state index is 13.5. The predicted molar refractivity (Wildman–Crippen MR) is 133 cm³/mol. The zero-order chi connectivity index (χ0) is 22.8. The van der Waals surface area contributed by atoms with Crippen LogP contribution in [0.3, 0.4) is 0 Å². The zero-order valence-corrected chi connectivity index (χ0v) is 20.7. The largest absolute Gasteiger partial charge is 0.368 e. The molecule has 1 aliphatic carbocycles. The second-order valence-corrected chi connectivity index (χ2v) is 11.1. The molecular weight excluding hydrogens is 476 g/mol. The van der Waals surface area contributed by atoms with E-state index in [9.17, 15) is 4.79 Å². The van der Waals surface area contributed by atoms with Crippen molar-refractivity contribution in [1.82, 2.24) is 9.97 Å². The number of ether oxygens (including phenoxy) is 1. The van der Waals surface area contributed by atoms with Crippen LogP contribution in [0.25, 0.3) is 0 Å². The number of fused-ring (bicyclic) bond motifs is 1. The lowest BCUT2D eigenvalue weighted by Gasteiger charge is -2.23. The molecule has 2 aliphatic rings. The van der Waals surface area contributed by atoms with Gasteiger partial charge in [-0.3, -0.25) is 9.93 Å². The van der Waals surface area contributed by atoms with Crippen LogP contribution >= 0.6 is 34.9 Å². The van der Waals surface area contributed by atoms with Crippen LogP contribution in [0, 0.1) is 12.8 Å². The first-order valence-electron chi connectivity index (χ1n) is 11.0. The average Bonchev–Trinajstić information content (AvgIpc) is 3.57. The SMILES string of the molecule is Cc1sc(C(=O)c2cncnc2NC2CCC(COSN)C2)cc1C1OCCc2ccsc21. The number of aromatic nitrogens is 2. The lowest BCUT2D eigenvalue weighted by atomic mass is 10.0. The molecule has 0 radical (unpaired) electrons. The van der Waals surface area contributed by atoms with E-state index in [0.29, 0.717) is 35.4 Å². The van der Waals surface area contributed by atoms with Crippen molar-refractivity contribution in [2.24, 2.45) is 11.1 Å². The monoisotopic (exact) mass is 502 g/mol. The van der Waals surface area contributed by atoms with Gasteiger partial charge in [0.2, 0.25) is 5.78 Å². The van der Waals surface area contributed by atoms with Gasteiger partial charge in [-0.25, -0.2) is 9.97 Å². The molecule has 5 rings (SSSR count). The summed E-state index contributed by atoms with van der Waals surface area (Å²) in [5, 5.41) is 11.0. The van der Waals surface area contributed by atoms with E-state index < -0.39 is 0 Å². The van der Waals surface area contributed by atoms with E-state index in [4.69, 9.17) is 14.1 Å². The van der Waals surface area contributed by atoms with Gasteiger partial charge in [-0.1, -0.05) is 0 Å². The Morgan fingerprint density at radius 2 is 2.33 bits per heavy atom. The number of rotatable bonds is 8. The van der Waals surface area contributed by atoms with Crippen LogP contribution < -0.4 is 10.5 Å². The highest BCUT2D eigenvalue weighted by Gasteiger charge is 2.30. The fourth-order valence-corrected chi connectivity index (χ4v) is 6.97. The molecule has 1 aliphatic heterocycles. The summed E-state index contributed by atoms with van der Waals surface area (Å²) in [6, 6.07) is 4.42. The molecule has 0 aromatic carbocycles. The Labute approximate surface area is 205 Å². The summed E-state index contributed by atoms with van der Waals surface area (Å²) in [4.78, 5) is 25.1. The minimum absolute atomic E-state index is 0.0583. The number of carbonyl (C=O) groups excluding carboxylic acids is 1.